The summed E-state index contributed by atoms with van der Waals surface area (Å²) in [6, 6.07) is 16.3. The van der Waals surface area contributed by atoms with Gasteiger partial charge in [-0.2, -0.15) is 0 Å². The number of hydrogen-bond donors (Lipinski definition) is 1. The van der Waals surface area contributed by atoms with Crippen LogP contribution in [-0.2, 0) is 0 Å². The molecule has 3 nitrogen and oxygen atoms in total. The average molecular weight is 296 g/mol. The summed E-state index contributed by atoms with van der Waals surface area (Å²) >= 11 is 0. The molecule has 2 aromatic carbocycles. The van der Waals surface area contributed by atoms with E-state index >= 15 is 0 Å². The van der Waals surface area contributed by atoms with Crippen molar-refractivity contribution in [1.82, 2.24) is 10.2 Å². The second kappa shape index (κ2) is 7.23. The van der Waals surface area contributed by atoms with Crippen LogP contribution in [0.25, 0.3) is 0 Å². The van der Waals surface area contributed by atoms with E-state index in [2.05, 4.69) is 41.4 Å². The van der Waals surface area contributed by atoms with Crippen molar-refractivity contribution < 1.29 is 4.79 Å². The lowest BCUT2D eigenvalue weighted by Crippen LogP contribution is -2.34. The molecule has 0 bridgehead atoms. The maximum Gasteiger partial charge on any atom is 0.251 e. The van der Waals surface area contributed by atoms with E-state index in [1.54, 1.807) is 0 Å². The maximum absolute atomic E-state index is 12.3. The van der Waals surface area contributed by atoms with Crippen molar-refractivity contribution in [1.29, 1.82) is 0 Å². The first-order valence-corrected chi connectivity index (χ1v) is 7.55. The lowest BCUT2D eigenvalue weighted by Gasteiger charge is -2.25. The van der Waals surface area contributed by atoms with Gasteiger partial charge in [-0.1, -0.05) is 47.5 Å². The zero-order valence-corrected chi connectivity index (χ0v) is 13.8. The summed E-state index contributed by atoms with van der Waals surface area (Å²) in [6.45, 7) is 4.66. The largest absolute Gasteiger partial charge is 0.350 e. The topological polar surface area (TPSA) is 32.3 Å². The fourth-order valence-electron chi connectivity index (χ4n) is 2.46. The third kappa shape index (κ3) is 4.18. The minimum atomic E-state index is -0.0253. The Balaban J connectivity index is 2.06. The molecule has 1 amide bonds. The second-order valence-corrected chi connectivity index (χ2v) is 5.97. The molecule has 2 aromatic rings. The van der Waals surface area contributed by atoms with E-state index in [1.165, 1.54) is 11.1 Å². The first-order chi connectivity index (χ1) is 10.5. The number of likely N-dealkylation sites (N-methyl/N-ethyl adjacent to an activating group) is 1. The molecule has 0 saturated heterocycles. The number of nitrogens with zero attached hydrogens (tertiary/aromatic N) is 1. The highest BCUT2D eigenvalue weighted by atomic mass is 16.1. The number of hydrogen-bond acceptors (Lipinski definition) is 2. The smallest absolute Gasteiger partial charge is 0.251 e. The molecule has 3 heteroatoms. The van der Waals surface area contributed by atoms with Gasteiger partial charge >= 0.3 is 0 Å². The monoisotopic (exact) mass is 296 g/mol. The predicted octanol–water partition coefficient (Wildman–Crippen LogP) is 3.34. The van der Waals surface area contributed by atoms with Crippen molar-refractivity contribution in [3.8, 4) is 0 Å². The van der Waals surface area contributed by atoms with Gasteiger partial charge in [-0.3, -0.25) is 4.79 Å². The highest BCUT2D eigenvalue weighted by Gasteiger charge is 2.15. The minimum absolute atomic E-state index is 0.0253. The molecule has 22 heavy (non-hydrogen) atoms. The van der Waals surface area contributed by atoms with E-state index in [1.807, 2.05) is 45.3 Å². The van der Waals surface area contributed by atoms with Crippen molar-refractivity contribution in [2.45, 2.75) is 19.9 Å². The van der Waals surface area contributed by atoms with Crippen LogP contribution in [0, 0.1) is 13.8 Å². The van der Waals surface area contributed by atoms with Crippen LogP contribution in [-0.4, -0.2) is 31.4 Å². The van der Waals surface area contributed by atoms with Crippen LogP contribution in [0.3, 0.4) is 0 Å². The Morgan fingerprint density at radius 1 is 1.05 bits per heavy atom. The number of amides is 1. The SMILES string of the molecule is Cc1ccc([C@@H](CNC(=O)c2cccc(C)c2)N(C)C)cc1. The molecule has 0 aliphatic rings. The Labute approximate surface area is 133 Å². The lowest BCUT2D eigenvalue weighted by atomic mass is 10.0. The fraction of sp³-hybridized carbons (Fsp3) is 0.316. The van der Waals surface area contributed by atoms with E-state index < -0.39 is 0 Å². The Morgan fingerprint density at radius 2 is 1.73 bits per heavy atom. The van der Waals surface area contributed by atoms with E-state index in [0.717, 1.165) is 5.56 Å². The third-order valence-corrected chi connectivity index (χ3v) is 3.82. The van der Waals surface area contributed by atoms with Gasteiger partial charge in [-0.15, -0.1) is 0 Å². The van der Waals surface area contributed by atoms with Gasteiger partial charge in [0.15, 0.2) is 0 Å². The van der Waals surface area contributed by atoms with Crippen LogP contribution in [0.5, 0.6) is 0 Å². The van der Waals surface area contributed by atoms with Gasteiger partial charge in [0.05, 0.1) is 6.04 Å². The van der Waals surface area contributed by atoms with Crippen LogP contribution in [0.4, 0.5) is 0 Å². The number of aryl methyl sites for hydroxylation is 2. The fourth-order valence-corrected chi connectivity index (χ4v) is 2.46. The Bertz CT molecular complexity index is 632. The number of benzene rings is 2. The summed E-state index contributed by atoms with van der Waals surface area (Å²) in [6.07, 6.45) is 0. The highest BCUT2D eigenvalue weighted by Crippen LogP contribution is 2.18. The van der Waals surface area contributed by atoms with Crippen LogP contribution < -0.4 is 5.32 Å². The molecule has 0 aliphatic heterocycles. The van der Waals surface area contributed by atoms with Crippen molar-refractivity contribution in [2.75, 3.05) is 20.6 Å². The molecule has 2 rings (SSSR count). The zero-order chi connectivity index (χ0) is 16.1. The molecule has 0 radical (unpaired) electrons. The van der Waals surface area contributed by atoms with Crippen LogP contribution in [0.1, 0.15) is 33.1 Å². The van der Waals surface area contributed by atoms with Gasteiger partial charge in [0, 0.05) is 12.1 Å². The molecule has 116 valence electrons. The third-order valence-electron chi connectivity index (χ3n) is 3.82. The van der Waals surface area contributed by atoms with Crippen molar-refractivity contribution in [3.63, 3.8) is 0 Å². The van der Waals surface area contributed by atoms with Gasteiger partial charge < -0.3 is 10.2 Å². The zero-order valence-electron chi connectivity index (χ0n) is 13.8. The summed E-state index contributed by atoms with van der Waals surface area (Å²) in [5.41, 5.74) is 4.25. The Hall–Kier alpha value is -2.13. The molecule has 0 aromatic heterocycles. The Morgan fingerprint density at radius 3 is 2.32 bits per heavy atom. The molecule has 0 unspecified atom stereocenters. The molecule has 0 aliphatic carbocycles. The van der Waals surface area contributed by atoms with Crippen LogP contribution >= 0.6 is 0 Å². The molecular weight excluding hydrogens is 272 g/mol. The predicted molar refractivity (Wildman–Crippen MR) is 91.1 cm³/mol. The van der Waals surface area contributed by atoms with Crippen molar-refractivity contribution in [3.05, 3.63) is 70.8 Å². The first-order valence-electron chi connectivity index (χ1n) is 7.55. The van der Waals surface area contributed by atoms with Gasteiger partial charge in [0.1, 0.15) is 0 Å². The summed E-state index contributed by atoms with van der Waals surface area (Å²) < 4.78 is 0. The first kappa shape index (κ1) is 16.2. The van der Waals surface area contributed by atoms with Crippen molar-refractivity contribution in [2.24, 2.45) is 0 Å². The van der Waals surface area contributed by atoms with Gasteiger partial charge in [-0.05, 0) is 45.6 Å². The molecule has 1 N–H and O–H groups in total. The van der Waals surface area contributed by atoms with Gasteiger partial charge in [0.25, 0.3) is 5.91 Å². The molecular formula is C19H24N2O. The highest BCUT2D eigenvalue weighted by molar-refractivity contribution is 5.94. The minimum Gasteiger partial charge on any atom is -0.350 e. The van der Waals surface area contributed by atoms with E-state index in [0.29, 0.717) is 12.1 Å². The van der Waals surface area contributed by atoms with Crippen LogP contribution in [0.15, 0.2) is 48.5 Å². The summed E-state index contributed by atoms with van der Waals surface area (Å²) in [7, 11) is 4.06. The quantitative estimate of drug-likeness (QED) is 0.918. The summed E-state index contributed by atoms with van der Waals surface area (Å²) in [5, 5.41) is 3.04. The summed E-state index contributed by atoms with van der Waals surface area (Å²) in [4.78, 5) is 14.4. The molecule has 0 spiro atoms. The standard InChI is InChI=1S/C19H24N2O/c1-14-8-10-16(11-9-14)18(21(3)4)13-20-19(22)17-7-5-6-15(2)12-17/h5-12,18H,13H2,1-4H3,(H,20,22)/t18-/m1/s1. The summed E-state index contributed by atoms with van der Waals surface area (Å²) in [5.74, 6) is -0.0253. The molecule has 1 atom stereocenters. The van der Waals surface area contributed by atoms with Crippen molar-refractivity contribution >= 4 is 5.91 Å². The molecule has 0 fully saturated rings. The van der Waals surface area contributed by atoms with E-state index in [-0.39, 0.29) is 11.9 Å². The normalized spacial score (nSPS) is 12.2. The van der Waals surface area contributed by atoms with Gasteiger partial charge in [0.2, 0.25) is 0 Å². The second-order valence-electron chi connectivity index (χ2n) is 5.97. The Kier molecular flexibility index (Phi) is 5.34. The van der Waals surface area contributed by atoms with Crippen LogP contribution in [0.2, 0.25) is 0 Å². The molecule has 0 heterocycles. The number of rotatable bonds is 5. The lowest BCUT2D eigenvalue weighted by molar-refractivity contribution is 0.0942. The molecule has 0 saturated carbocycles. The number of carbonyl (C=O) groups excluding carboxylic acids is 1. The van der Waals surface area contributed by atoms with Gasteiger partial charge in [-0.25, -0.2) is 0 Å². The average Bonchev–Trinajstić information content (AvgIpc) is 2.48. The van der Waals surface area contributed by atoms with E-state index in [9.17, 15) is 4.79 Å². The number of nitrogens with one attached hydrogen (secondary N) is 1. The van der Waals surface area contributed by atoms with E-state index in [4.69, 9.17) is 0 Å². The maximum atomic E-state index is 12.3. The number of carbonyl (C=O) groups is 1.